The molecule has 0 aliphatic heterocycles. The molecule has 0 bridgehead atoms. The standard InChI is InChI=1S/C21H17Cl3N4O2/c22-15-8-14(10-26-11-15)20(29)27-18(13-6-7-16(23)17(24)9-13)21(30)28-19(25)12-4-2-1-3-5-12/h1-11,18,21,30H,(H2,25,28)(H,27,29). The summed E-state index contributed by atoms with van der Waals surface area (Å²) in [5.41, 5.74) is 7.38. The Bertz CT molecular complexity index is 1080. The minimum absolute atomic E-state index is 0.117. The van der Waals surface area contributed by atoms with E-state index in [0.29, 0.717) is 21.2 Å². The van der Waals surface area contributed by atoms with Crippen LogP contribution >= 0.6 is 34.8 Å². The molecule has 1 heterocycles. The summed E-state index contributed by atoms with van der Waals surface area (Å²) in [4.78, 5) is 20.8. The van der Waals surface area contributed by atoms with Crippen molar-refractivity contribution in [1.82, 2.24) is 10.3 Å². The molecule has 4 N–H and O–H groups in total. The Hall–Kier alpha value is -2.64. The predicted octanol–water partition coefficient (Wildman–Crippen LogP) is 4.24. The molecule has 0 saturated carbocycles. The number of pyridine rings is 1. The van der Waals surface area contributed by atoms with Crippen LogP contribution in [0.3, 0.4) is 0 Å². The summed E-state index contributed by atoms with van der Waals surface area (Å²) in [6, 6.07) is 14.2. The molecule has 0 aliphatic rings. The Kier molecular flexibility index (Phi) is 7.29. The number of amides is 1. The number of aliphatic imine (C=N–C) groups is 1. The number of benzene rings is 2. The first-order valence-corrected chi connectivity index (χ1v) is 9.91. The summed E-state index contributed by atoms with van der Waals surface area (Å²) < 4.78 is 0. The van der Waals surface area contributed by atoms with Crippen LogP contribution in [0.4, 0.5) is 0 Å². The van der Waals surface area contributed by atoms with Gasteiger partial charge in [0.2, 0.25) is 0 Å². The van der Waals surface area contributed by atoms with Gasteiger partial charge in [-0.25, -0.2) is 4.99 Å². The van der Waals surface area contributed by atoms with Crippen molar-refractivity contribution in [3.05, 3.63) is 98.7 Å². The number of nitrogens with one attached hydrogen (secondary N) is 1. The van der Waals surface area contributed by atoms with E-state index in [2.05, 4.69) is 15.3 Å². The molecular formula is C21H17Cl3N4O2. The summed E-state index contributed by atoms with van der Waals surface area (Å²) in [6.45, 7) is 0. The van der Waals surface area contributed by atoms with E-state index in [4.69, 9.17) is 40.5 Å². The second-order valence-electron chi connectivity index (χ2n) is 6.31. The van der Waals surface area contributed by atoms with Crippen molar-refractivity contribution >= 4 is 46.5 Å². The lowest BCUT2D eigenvalue weighted by Gasteiger charge is -2.23. The number of hydrogen-bond acceptors (Lipinski definition) is 4. The molecule has 30 heavy (non-hydrogen) atoms. The van der Waals surface area contributed by atoms with Gasteiger partial charge in [-0.15, -0.1) is 0 Å². The highest BCUT2D eigenvalue weighted by Crippen LogP contribution is 2.28. The second-order valence-corrected chi connectivity index (χ2v) is 7.56. The molecule has 6 nitrogen and oxygen atoms in total. The number of hydrogen-bond donors (Lipinski definition) is 3. The highest BCUT2D eigenvalue weighted by Gasteiger charge is 2.25. The van der Waals surface area contributed by atoms with Gasteiger partial charge in [0.25, 0.3) is 5.91 Å². The smallest absolute Gasteiger partial charge is 0.253 e. The summed E-state index contributed by atoms with van der Waals surface area (Å²) >= 11 is 18.0. The maximum Gasteiger partial charge on any atom is 0.253 e. The average molecular weight is 464 g/mol. The lowest BCUT2D eigenvalue weighted by molar-refractivity contribution is 0.0845. The molecule has 0 aliphatic carbocycles. The minimum Gasteiger partial charge on any atom is -0.383 e. The quantitative estimate of drug-likeness (QED) is 0.376. The van der Waals surface area contributed by atoms with Crippen LogP contribution in [0.25, 0.3) is 0 Å². The first kappa shape index (κ1) is 22.1. The normalized spacial score (nSPS) is 13.5. The van der Waals surface area contributed by atoms with Gasteiger partial charge in [-0.3, -0.25) is 9.78 Å². The van der Waals surface area contributed by atoms with E-state index in [-0.39, 0.29) is 16.4 Å². The van der Waals surface area contributed by atoms with Crippen LogP contribution in [0.5, 0.6) is 0 Å². The fourth-order valence-electron chi connectivity index (χ4n) is 2.70. The molecule has 0 fully saturated rings. The SMILES string of the molecule is NC(=NC(O)C(NC(=O)c1cncc(Cl)c1)c1ccc(Cl)c(Cl)c1)c1ccccc1. The number of carbonyl (C=O) groups excluding carboxylic acids is 1. The van der Waals surface area contributed by atoms with Crippen LogP contribution in [-0.4, -0.2) is 28.1 Å². The van der Waals surface area contributed by atoms with E-state index in [0.717, 1.165) is 0 Å². The topological polar surface area (TPSA) is 101 Å². The Morgan fingerprint density at radius 2 is 1.73 bits per heavy atom. The third kappa shape index (κ3) is 5.49. The number of carbonyl (C=O) groups is 1. The number of rotatable bonds is 6. The predicted molar refractivity (Wildman–Crippen MR) is 119 cm³/mol. The fourth-order valence-corrected chi connectivity index (χ4v) is 3.18. The molecule has 2 aromatic carbocycles. The van der Waals surface area contributed by atoms with E-state index < -0.39 is 18.2 Å². The molecule has 2 atom stereocenters. The van der Waals surface area contributed by atoms with E-state index >= 15 is 0 Å². The third-order valence-corrected chi connectivity index (χ3v) is 5.14. The number of aromatic nitrogens is 1. The average Bonchev–Trinajstić information content (AvgIpc) is 2.74. The van der Waals surface area contributed by atoms with Crippen LogP contribution in [-0.2, 0) is 0 Å². The van der Waals surface area contributed by atoms with E-state index in [1.54, 1.807) is 42.5 Å². The maximum atomic E-state index is 12.7. The van der Waals surface area contributed by atoms with Gasteiger partial charge < -0.3 is 16.2 Å². The van der Waals surface area contributed by atoms with Gasteiger partial charge in [0.1, 0.15) is 11.9 Å². The van der Waals surface area contributed by atoms with Gasteiger partial charge >= 0.3 is 0 Å². The Labute approximate surface area is 188 Å². The van der Waals surface area contributed by atoms with E-state index in [9.17, 15) is 9.90 Å². The van der Waals surface area contributed by atoms with Gasteiger partial charge in [0, 0.05) is 18.0 Å². The number of nitrogens with zero attached hydrogens (tertiary/aromatic N) is 2. The van der Waals surface area contributed by atoms with Crippen molar-refractivity contribution in [3.8, 4) is 0 Å². The lowest BCUT2D eigenvalue weighted by Crippen LogP contribution is -2.36. The van der Waals surface area contributed by atoms with Gasteiger partial charge in [-0.05, 0) is 23.8 Å². The Balaban J connectivity index is 1.94. The molecule has 3 rings (SSSR count). The van der Waals surface area contributed by atoms with Gasteiger partial charge in [0.05, 0.1) is 20.6 Å². The minimum atomic E-state index is -1.40. The number of halogens is 3. The molecule has 2 unspecified atom stereocenters. The lowest BCUT2D eigenvalue weighted by atomic mass is 10.0. The highest BCUT2D eigenvalue weighted by molar-refractivity contribution is 6.42. The second kappa shape index (κ2) is 9.91. The summed E-state index contributed by atoms with van der Waals surface area (Å²) in [5.74, 6) is -0.388. The molecule has 154 valence electrons. The van der Waals surface area contributed by atoms with E-state index in [1.165, 1.54) is 18.5 Å². The molecule has 0 saturated heterocycles. The fraction of sp³-hybridized carbons (Fsp3) is 0.0952. The van der Waals surface area contributed by atoms with Gasteiger partial charge in [0.15, 0.2) is 6.23 Å². The van der Waals surface area contributed by atoms with Crippen LogP contribution in [0.15, 0.2) is 72.0 Å². The molecule has 1 amide bonds. The van der Waals surface area contributed by atoms with Gasteiger partial charge in [-0.2, -0.15) is 0 Å². The Morgan fingerprint density at radius 3 is 2.40 bits per heavy atom. The zero-order chi connectivity index (χ0) is 21.7. The molecule has 1 aromatic heterocycles. The van der Waals surface area contributed by atoms with Crippen LogP contribution in [0, 0.1) is 0 Å². The summed E-state index contributed by atoms with van der Waals surface area (Å²) in [6.07, 6.45) is 1.37. The number of aliphatic hydroxyl groups excluding tert-OH is 1. The first-order valence-electron chi connectivity index (χ1n) is 8.78. The maximum absolute atomic E-state index is 12.7. The van der Waals surface area contributed by atoms with Crippen molar-refractivity contribution in [3.63, 3.8) is 0 Å². The van der Waals surface area contributed by atoms with Crippen molar-refractivity contribution < 1.29 is 9.90 Å². The molecule has 0 spiro atoms. The molecular weight excluding hydrogens is 447 g/mol. The summed E-state index contributed by atoms with van der Waals surface area (Å²) in [7, 11) is 0. The number of aliphatic hydroxyl groups is 1. The highest BCUT2D eigenvalue weighted by atomic mass is 35.5. The number of nitrogens with two attached hydrogens (primary N) is 1. The first-order chi connectivity index (χ1) is 14.3. The number of amidine groups is 1. The zero-order valence-corrected chi connectivity index (χ0v) is 17.7. The van der Waals surface area contributed by atoms with Crippen molar-refractivity contribution in [1.29, 1.82) is 0 Å². The van der Waals surface area contributed by atoms with Crippen molar-refractivity contribution in [2.24, 2.45) is 10.7 Å². The zero-order valence-electron chi connectivity index (χ0n) is 15.5. The molecule has 0 radical (unpaired) electrons. The van der Waals surface area contributed by atoms with E-state index in [1.807, 2.05) is 6.07 Å². The monoisotopic (exact) mass is 462 g/mol. The largest absolute Gasteiger partial charge is 0.383 e. The van der Waals surface area contributed by atoms with Crippen LogP contribution < -0.4 is 11.1 Å². The molecule has 9 heteroatoms. The third-order valence-electron chi connectivity index (χ3n) is 4.20. The van der Waals surface area contributed by atoms with Gasteiger partial charge in [-0.1, -0.05) is 71.2 Å². The molecule has 3 aromatic rings. The van der Waals surface area contributed by atoms with Crippen LogP contribution in [0.1, 0.15) is 27.5 Å². The Morgan fingerprint density at radius 1 is 1.00 bits per heavy atom. The van der Waals surface area contributed by atoms with Crippen molar-refractivity contribution in [2.75, 3.05) is 0 Å². The summed E-state index contributed by atoms with van der Waals surface area (Å²) in [5, 5.41) is 14.4. The van der Waals surface area contributed by atoms with Crippen molar-refractivity contribution in [2.45, 2.75) is 12.3 Å². The van der Waals surface area contributed by atoms with Crippen LogP contribution in [0.2, 0.25) is 15.1 Å².